The van der Waals surface area contributed by atoms with Crippen molar-refractivity contribution in [3.05, 3.63) is 91.1 Å². The molecule has 138 valence electrons. The minimum Gasteiger partial charge on any atom is -0.493 e. The summed E-state index contributed by atoms with van der Waals surface area (Å²) in [6.07, 6.45) is 0. The molecule has 0 radical (unpaired) electrons. The molecule has 3 rings (SSSR count). The number of H-pyrrole nitrogens is 1. The van der Waals surface area contributed by atoms with Crippen molar-refractivity contribution >= 4 is 17.3 Å². The normalized spacial score (nSPS) is 11.6. The average Bonchev–Trinajstić information content (AvgIpc) is 2.59. The summed E-state index contributed by atoms with van der Waals surface area (Å²) in [6, 6.07) is 14.3. The molecule has 0 aliphatic carbocycles. The largest absolute Gasteiger partial charge is 0.493 e. The van der Waals surface area contributed by atoms with Crippen LogP contribution in [0.4, 0.5) is 0 Å². The van der Waals surface area contributed by atoms with Gasteiger partial charge in [0.1, 0.15) is 5.56 Å². The summed E-state index contributed by atoms with van der Waals surface area (Å²) in [5, 5.41) is 11.0. The molecule has 1 aromatic heterocycles. The van der Waals surface area contributed by atoms with Crippen molar-refractivity contribution in [1.82, 2.24) is 9.55 Å². The highest BCUT2D eigenvalue weighted by molar-refractivity contribution is 6.30. The molecule has 3 aromatic rings. The second-order valence-electron chi connectivity index (χ2n) is 6.16. The highest BCUT2D eigenvalue weighted by atomic mass is 35.5. The molecular formula is C20H18ClN3O3. The van der Waals surface area contributed by atoms with Gasteiger partial charge in [0.05, 0.1) is 17.9 Å². The molecular weight excluding hydrogens is 366 g/mol. The highest BCUT2D eigenvalue weighted by Gasteiger charge is 2.18. The van der Waals surface area contributed by atoms with E-state index in [9.17, 15) is 14.7 Å². The number of nitrogens with zero attached hydrogens (tertiary/aromatic N) is 2. The third-order valence-electron chi connectivity index (χ3n) is 4.10. The Morgan fingerprint density at radius 1 is 1.19 bits per heavy atom. The van der Waals surface area contributed by atoms with Crippen molar-refractivity contribution in [2.24, 2.45) is 4.99 Å². The monoisotopic (exact) mass is 383 g/mol. The van der Waals surface area contributed by atoms with Gasteiger partial charge >= 0.3 is 5.69 Å². The molecule has 0 saturated carbocycles. The van der Waals surface area contributed by atoms with Crippen LogP contribution in [0, 0.1) is 6.92 Å². The minimum absolute atomic E-state index is 0.0535. The van der Waals surface area contributed by atoms with E-state index in [1.54, 1.807) is 25.1 Å². The van der Waals surface area contributed by atoms with Crippen molar-refractivity contribution in [3.63, 3.8) is 0 Å². The van der Waals surface area contributed by atoms with Crippen LogP contribution in [0.25, 0.3) is 5.69 Å². The topological polar surface area (TPSA) is 87.4 Å². The van der Waals surface area contributed by atoms with Gasteiger partial charge in [0, 0.05) is 5.02 Å². The van der Waals surface area contributed by atoms with Crippen molar-refractivity contribution in [3.8, 4) is 11.6 Å². The van der Waals surface area contributed by atoms with Gasteiger partial charge in [-0.15, -0.1) is 0 Å². The zero-order chi connectivity index (χ0) is 19.6. The number of aliphatic imine (C=N–C) groups is 1. The summed E-state index contributed by atoms with van der Waals surface area (Å²) in [5.41, 5.74) is 1.25. The van der Waals surface area contributed by atoms with Crippen LogP contribution in [0.1, 0.15) is 23.6 Å². The van der Waals surface area contributed by atoms with Crippen LogP contribution in [-0.2, 0) is 6.54 Å². The standard InChI is InChI=1S/C20H18ClN3O3/c1-12-5-3-6-14(9-12)11-22-13(2)17-18(25)23-20(27)24(19(17)26)16-8-4-7-15(21)10-16/h3-10,26H,11H2,1-2H3,(H,23,25,27). The van der Waals surface area contributed by atoms with Crippen molar-refractivity contribution in [2.75, 3.05) is 0 Å². The Morgan fingerprint density at radius 2 is 1.93 bits per heavy atom. The molecule has 6 nitrogen and oxygen atoms in total. The van der Waals surface area contributed by atoms with E-state index in [1.165, 1.54) is 6.07 Å². The van der Waals surface area contributed by atoms with E-state index in [-0.39, 0.29) is 5.56 Å². The fourth-order valence-electron chi connectivity index (χ4n) is 2.81. The number of nitrogens with one attached hydrogen (secondary N) is 1. The van der Waals surface area contributed by atoms with Crippen LogP contribution in [-0.4, -0.2) is 20.4 Å². The Bertz CT molecular complexity index is 1150. The third-order valence-corrected chi connectivity index (χ3v) is 4.33. The number of halogens is 1. The number of aromatic nitrogens is 2. The number of aryl methyl sites for hydroxylation is 1. The van der Waals surface area contributed by atoms with Crippen LogP contribution >= 0.6 is 11.6 Å². The van der Waals surface area contributed by atoms with Crippen LogP contribution in [0.3, 0.4) is 0 Å². The van der Waals surface area contributed by atoms with E-state index < -0.39 is 17.1 Å². The number of aromatic amines is 1. The number of benzene rings is 2. The number of rotatable bonds is 4. The summed E-state index contributed by atoms with van der Waals surface area (Å²) in [6.45, 7) is 3.95. The first-order valence-corrected chi connectivity index (χ1v) is 8.66. The molecule has 0 aliphatic heterocycles. The molecule has 0 aliphatic rings. The molecule has 0 unspecified atom stereocenters. The van der Waals surface area contributed by atoms with Gasteiger partial charge in [0.2, 0.25) is 5.88 Å². The smallest absolute Gasteiger partial charge is 0.335 e. The average molecular weight is 384 g/mol. The van der Waals surface area contributed by atoms with Crippen LogP contribution in [0.5, 0.6) is 5.88 Å². The van der Waals surface area contributed by atoms with E-state index >= 15 is 0 Å². The van der Waals surface area contributed by atoms with Gasteiger partial charge in [-0.05, 0) is 37.6 Å². The minimum atomic E-state index is -0.755. The maximum absolute atomic E-state index is 12.3. The second kappa shape index (κ2) is 7.63. The third kappa shape index (κ3) is 4.01. The predicted molar refractivity (Wildman–Crippen MR) is 106 cm³/mol. The lowest BCUT2D eigenvalue weighted by atomic mass is 10.1. The maximum atomic E-state index is 12.3. The molecule has 7 heteroatoms. The summed E-state index contributed by atoms with van der Waals surface area (Å²) in [7, 11) is 0. The molecule has 27 heavy (non-hydrogen) atoms. The summed E-state index contributed by atoms with van der Waals surface area (Å²) < 4.78 is 0.994. The second-order valence-corrected chi connectivity index (χ2v) is 6.60. The first kappa shape index (κ1) is 18.7. The molecule has 0 spiro atoms. The van der Waals surface area contributed by atoms with Crippen molar-refractivity contribution < 1.29 is 5.11 Å². The number of aromatic hydroxyl groups is 1. The van der Waals surface area contributed by atoms with Gasteiger partial charge in [0.15, 0.2) is 0 Å². The predicted octanol–water partition coefficient (Wildman–Crippen LogP) is 3.20. The highest BCUT2D eigenvalue weighted by Crippen LogP contribution is 2.20. The first-order valence-electron chi connectivity index (χ1n) is 8.28. The molecule has 0 fully saturated rings. The van der Waals surface area contributed by atoms with Gasteiger partial charge in [-0.2, -0.15) is 0 Å². The van der Waals surface area contributed by atoms with Gasteiger partial charge in [0.25, 0.3) is 5.56 Å². The molecule has 0 amide bonds. The quantitative estimate of drug-likeness (QED) is 0.678. The lowest BCUT2D eigenvalue weighted by molar-refractivity contribution is 0.429. The van der Waals surface area contributed by atoms with Gasteiger partial charge < -0.3 is 5.11 Å². The lowest BCUT2D eigenvalue weighted by Gasteiger charge is -2.11. The molecule has 0 bridgehead atoms. The fraction of sp³-hybridized carbons (Fsp3) is 0.150. The maximum Gasteiger partial charge on any atom is 0.335 e. The Labute approximate surface area is 160 Å². The van der Waals surface area contributed by atoms with Crippen LogP contribution in [0.2, 0.25) is 5.02 Å². The Morgan fingerprint density at radius 3 is 2.63 bits per heavy atom. The lowest BCUT2D eigenvalue weighted by Crippen LogP contribution is -2.32. The molecule has 2 N–H and O–H groups in total. The van der Waals surface area contributed by atoms with Crippen LogP contribution < -0.4 is 11.2 Å². The van der Waals surface area contributed by atoms with Crippen molar-refractivity contribution in [2.45, 2.75) is 20.4 Å². The van der Waals surface area contributed by atoms with E-state index in [1.807, 2.05) is 31.2 Å². The summed E-state index contributed by atoms with van der Waals surface area (Å²) in [4.78, 5) is 31.1. The fourth-order valence-corrected chi connectivity index (χ4v) is 2.99. The summed E-state index contributed by atoms with van der Waals surface area (Å²) >= 11 is 5.97. The van der Waals surface area contributed by atoms with Gasteiger partial charge in [-0.3, -0.25) is 14.8 Å². The SMILES string of the molecule is CC(=NCc1cccc(C)c1)c1c(O)n(-c2cccc(Cl)c2)c(=O)[nH]c1=O. The number of hydrogen-bond donors (Lipinski definition) is 2. The first-order chi connectivity index (χ1) is 12.9. The van der Waals surface area contributed by atoms with E-state index in [4.69, 9.17) is 11.6 Å². The molecule has 0 atom stereocenters. The van der Waals surface area contributed by atoms with Crippen molar-refractivity contribution in [1.29, 1.82) is 0 Å². The van der Waals surface area contributed by atoms with E-state index in [2.05, 4.69) is 9.98 Å². The molecule has 2 aromatic carbocycles. The van der Waals surface area contributed by atoms with Crippen LogP contribution in [0.15, 0.2) is 63.1 Å². The zero-order valence-electron chi connectivity index (χ0n) is 14.9. The van der Waals surface area contributed by atoms with Gasteiger partial charge in [-0.25, -0.2) is 9.36 Å². The Kier molecular flexibility index (Phi) is 5.28. The summed E-state index contributed by atoms with van der Waals surface area (Å²) in [5.74, 6) is -0.475. The van der Waals surface area contributed by atoms with Gasteiger partial charge in [-0.1, -0.05) is 47.5 Å². The van der Waals surface area contributed by atoms with E-state index in [0.29, 0.717) is 23.0 Å². The zero-order valence-corrected chi connectivity index (χ0v) is 15.6. The Balaban J connectivity index is 2.07. The Hall–Kier alpha value is -3.12. The molecule has 1 heterocycles. The number of hydrogen-bond acceptors (Lipinski definition) is 4. The van der Waals surface area contributed by atoms with E-state index in [0.717, 1.165) is 15.7 Å². The molecule has 0 saturated heterocycles.